The third-order valence-electron chi connectivity index (χ3n) is 2.79. The number of amides is 1. The van der Waals surface area contributed by atoms with Crippen molar-refractivity contribution in [1.29, 1.82) is 0 Å². The summed E-state index contributed by atoms with van der Waals surface area (Å²) in [6.07, 6.45) is 0.208. The largest absolute Gasteiger partial charge is 0.469 e. The minimum atomic E-state index is -0.307. The van der Waals surface area contributed by atoms with Crippen LogP contribution in [0.25, 0.3) is 0 Å². The molecule has 0 radical (unpaired) electrons. The van der Waals surface area contributed by atoms with Gasteiger partial charge < -0.3 is 9.64 Å². The van der Waals surface area contributed by atoms with Gasteiger partial charge in [-0.2, -0.15) is 0 Å². The summed E-state index contributed by atoms with van der Waals surface area (Å²) in [7, 11) is 1.35. The third-order valence-corrected chi connectivity index (χ3v) is 3.48. The smallest absolute Gasteiger partial charge is 0.307 e. The van der Waals surface area contributed by atoms with Gasteiger partial charge in [0.1, 0.15) is 0 Å². The number of esters is 1. The summed E-state index contributed by atoms with van der Waals surface area (Å²) in [6, 6.07) is 7.30. The lowest BCUT2D eigenvalue weighted by molar-refractivity contribution is -0.140. The Labute approximate surface area is 128 Å². The second-order valence-electron chi connectivity index (χ2n) is 4.95. The van der Waals surface area contributed by atoms with Crippen molar-refractivity contribution in [3.63, 3.8) is 0 Å². The van der Waals surface area contributed by atoms with Crippen LogP contribution in [0.3, 0.4) is 0 Å². The number of carbonyl (C=O) groups is 2. The van der Waals surface area contributed by atoms with Gasteiger partial charge in [0.15, 0.2) is 0 Å². The van der Waals surface area contributed by atoms with Gasteiger partial charge in [-0.3, -0.25) is 9.59 Å². The van der Waals surface area contributed by atoms with E-state index in [0.717, 1.165) is 4.47 Å². The number of hydrogen-bond donors (Lipinski definition) is 0. The molecule has 0 unspecified atom stereocenters. The van der Waals surface area contributed by atoms with Crippen LogP contribution in [0, 0.1) is 5.92 Å². The molecule has 1 aromatic rings. The molecule has 0 atom stereocenters. The molecular formula is C15H20BrNO3. The number of rotatable bonds is 6. The Morgan fingerprint density at radius 1 is 1.30 bits per heavy atom. The Hall–Kier alpha value is -1.36. The van der Waals surface area contributed by atoms with Gasteiger partial charge in [0.2, 0.25) is 0 Å². The standard InChI is InChI=1S/C15H20BrNO3/c1-11(2)10-17(9-8-14(18)20-3)15(19)12-6-4-5-7-13(12)16/h4-7,11H,8-10H2,1-3H3. The number of ether oxygens (including phenoxy) is 1. The normalized spacial score (nSPS) is 10.4. The number of nitrogens with zero attached hydrogens (tertiary/aromatic N) is 1. The third kappa shape index (κ3) is 4.96. The number of hydrogen-bond acceptors (Lipinski definition) is 3. The van der Waals surface area contributed by atoms with Crippen molar-refractivity contribution in [3.05, 3.63) is 34.3 Å². The van der Waals surface area contributed by atoms with E-state index in [4.69, 9.17) is 0 Å². The van der Waals surface area contributed by atoms with E-state index in [9.17, 15) is 9.59 Å². The highest BCUT2D eigenvalue weighted by Gasteiger charge is 2.19. The summed E-state index contributed by atoms with van der Waals surface area (Å²) in [4.78, 5) is 25.5. The number of halogens is 1. The average molecular weight is 342 g/mol. The zero-order valence-corrected chi connectivity index (χ0v) is 13.6. The summed E-state index contributed by atoms with van der Waals surface area (Å²) >= 11 is 3.39. The van der Waals surface area contributed by atoms with Crippen molar-refractivity contribution < 1.29 is 14.3 Å². The first-order valence-corrected chi connectivity index (χ1v) is 7.35. The highest BCUT2D eigenvalue weighted by Crippen LogP contribution is 2.18. The molecule has 110 valence electrons. The summed E-state index contributed by atoms with van der Waals surface area (Å²) in [5.41, 5.74) is 0.609. The monoisotopic (exact) mass is 341 g/mol. The van der Waals surface area contributed by atoms with E-state index >= 15 is 0 Å². The van der Waals surface area contributed by atoms with E-state index in [0.29, 0.717) is 24.6 Å². The second kappa shape index (κ2) is 8.04. The topological polar surface area (TPSA) is 46.6 Å². The highest BCUT2D eigenvalue weighted by atomic mass is 79.9. The molecule has 0 saturated carbocycles. The van der Waals surface area contributed by atoms with Crippen molar-refractivity contribution in [2.45, 2.75) is 20.3 Å². The fourth-order valence-corrected chi connectivity index (χ4v) is 2.30. The van der Waals surface area contributed by atoms with Gasteiger partial charge in [-0.25, -0.2) is 0 Å². The lowest BCUT2D eigenvalue weighted by Crippen LogP contribution is -2.36. The van der Waals surface area contributed by atoms with E-state index < -0.39 is 0 Å². The SMILES string of the molecule is COC(=O)CCN(CC(C)C)C(=O)c1ccccc1Br. The quantitative estimate of drug-likeness (QED) is 0.747. The maximum atomic E-state index is 12.5. The molecule has 0 aliphatic carbocycles. The molecule has 5 heteroatoms. The van der Waals surface area contributed by atoms with E-state index in [1.807, 2.05) is 32.0 Å². The van der Waals surface area contributed by atoms with Crippen LogP contribution >= 0.6 is 15.9 Å². The summed E-state index contributed by atoms with van der Waals surface area (Å²) < 4.78 is 5.39. The maximum Gasteiger partial charge on any atom is 0.307 e. The van der Waals surface area contributed by atoms with Crippen molar-refractivity contribution in [2.75, 3.05) is 20.2 Å². The van der Waals surface area contributed by atoms with Gasteiger partial charge in [0.05, 0.1) is 19.1 Å². The van der Waals surface area contributed by atoms with Crippen molar-refractivity contribution in [3.8, 4) is 0 Å². The zero-order chi connectivity index (χ0) is 15.1. The fraction of sp³-hybridized carbons (Fsp3) is 0.467. The first kappa shape index (κ1) is 16.7. The Balaban J connectivity index is 2.84. The van der Waals surface area contributed by atoms with E-state index in [1.165, 1.54) is 7.11 Å². The molecule has 1 amide bonds. The van der Waals surface area contributed by atoms with E-state index in [1.54, 1.807) is 11.0 Å². The molecule has 0 aliphatic heterocycles. The molecule has 4 nitrogen and oxygen atoms in total. The van der Waals surface area contributed by atoms with Gasteiger partial charge >= 0.3 is 5.97 Å². The summed E-state index contributed by atoms with van der Waals surface area (Å²) in [5.74, 6) is -0.0483. The van der Waals surface area contributed by atoms with Gasteiger partial charge in [0, 0.05) is 17.6 Å². The lowest BCUT2D eigenvalue weighted by atomic mass is 10.1. The molecule has 0 saturated heterocycles. The fourth-order valence-electron chi connectivity index (χ4n) is 1.85. The molecule has 1 aromatic carbocycles. The maximum absolute atomic E-state index is 12.5. The molecule has 20 heavy (non-hydrogen) atoms. The van der Waals surface area contributed by atoms with Gasteiger partial charge in [-0.1, -0.05) is 26.0 Å². The average Bonchev–Trinajstić information content (AvgIpc) is 2.42. The minimum absolute atomic E-state index is 0.0740. The van der Waals surface area contributed by atoms with Crippen molar-refractivity contribution in [1.82, 2.24) is 4.90 Å². The van der Waals surface area contributed by atoms with Crippen LogP contribution in [-0.2, 0) is 9.53 Å². The van der Waals surface area contributed by atoms with E-state index in [2.05, 4.69) is 20.7 Å². The molecule has 0 aliphatic rings. The molecule has 0 heterocycles. The Morgan fingerprint density at radius 2 is 1.95 bits per heavy atom. The molecule has 0 N–H and O–H groups in total. The van der Waals surface area contributed by atoms with Gasteiger partial charge in [-0.05, 0) is 34.0 Å². The molecule has 0 fully saturated rings. The zero-order valence-electron chi connectivity index (χ0n) is 12.1. The van der Waals surface area contributed by atoms with Crippen LogP contribution in [0.2, 0.25) is 0 Å². The molecular weight excluding hydrogens is 322 g/mol. The Kier molecular flexibility index (Phi) is 6.71. The first-order valence-electron chi connectivity index (χ1n) is 6.56. The van der Waals surface area contributed by atoms with Gasteiger partial charge in [0.25, 0.3) is 5.91 Å². The van der Waals surface area contributed by atoms with Crippen LogP contribution in [0.15, 0.2) is 28.7 Å². The molecule has 0 spiro atoms. The van der Waals surface area contributed by atoms with Crippen molar-refractivity contribution >= 4 is 27.8 Å². The summed E-state index contributed by atoms with van der Waals surface area (Å²) in [5, 5.41) is 0. The second-order valence-corrected chi connectivity index (χ2v) is 5.81. The predicted octanol–water partition coefficient (Wildman–Crippen LogP) is 3.11. The predicted molar refractivity (Wildman–Crippen MR) is 81.5 cm³/mol. The van der Waals surface area contributed by atoms with Crippen LogP contribution in [0.4, 0.5) is 0 Å². The lowest BCUT2D eigenvalue weighted by Gasteiger charge is -2.24. The molecule has 1 rings (SSSR count). The number of methoxy groups -OCH3 is 1. The molecule has 0 aromatic heterocycles. The highest BCUT2D eigenvalue weighted by molar-refractivity contribution is 9.10. The van der Waals surface area contributed by atoms with Crippen LogP contribution in [0.5, 0.6) is 0 Å². The first-order chi connectivity index (χ1) is 9.45. The Morgan fingerprint density at radius 3 is 2.50 bits per heavy atom. The Bertz CT molecular complexity index is 474. The number of benzene rings is 1. The van der Waals surface area contributed by atoms with E-state index in [-0.39, 0.29) is 18.3 Å². The van der Waals surface area contributed by atoms with Crippen LogP contribution in [0.1, 0.15) is 30.6 Å². The van der Waals surface area contributed by atoms with Crippen molar-refractivity contribution in [2.24, 2.45) is 5.92 Å². The van der Waals surface area contributed by atoms with Crippen LogP contribution in [-0.4, -0.2) is 37.0 Å². The van der Waals surface area contributed by atoms with Crippen LogP contribution < -0.4 is 0 Å². The van der Waals surface area contributed by atoms with Gasteiger partial charge in [-0.15, -0.1) is 0 Å². The number of carbonyl (C=O) groups excluding carboxylic acids is 2. The molecule has 0 bridgehead atoms. The minimum Gasteiger partial charge on any atom is -0.469 e. The summed E-state index contributed by atoms with van der Waals surface area (Å²) in [6.45, 7) is 5.05.